The van der Waals surface area contributed by atoms with Crippen LogP contribution in [0.3, 0.4) is 0 Å². The van der Waals surface area contributed by atoms with Crippen molar-refractivity contribution in [2.75, 3.05) is 31.2 Å². The Morgan fingerprint density at radius 1 is 1.27 bits per heavy atom. The number of nitrogens with one attached hydrogen (secondary N) is 1. The van der Waals surface area contributed by atoms with E-state index in [1.165, 1.54) is 0 Å². The topological polar surface area (TPSA) is 84.9 Å². The maximum atomic E-state index is 13.4. The highest BCUT2D eigenvalue weighted by atomic mass is 32.2. The van der Waals surface area contributed by atoms with Crippen molar-refractivity contribution in [1.82, 2.24) is 4.90 Å². The van der Waals surface area contributed by atoms with Crippen LogP contribution in [0.25, 0.3) is 0 Å². The summed E-state index contributed by atoms with van der Waals surface area (Å²) in [6, 6.07) is 12.7. The molecule has 0 aliphatic carbocycles. The van der Waals surface area contributed by atoms with Gasteiger partial charge in [-0.25, -0.2) is 8.42 Å². The Balaban J connectivity index is 1.88. The van der Waals surface area contributed by atoms with E-state index in [1.807, 2.05) is 24.3 Å². The van der Waals surface area contributed by atoms with Crippen molar-refractivity contribution >= 4 is 21.6 Å². The van der Waals surface area contributed by atoms with Crippen molar-refractivity contribution in [2.45, 2.75) is 32.4 Å². The molecule has 0 aromatic heterocycles. The predicted octanol–water partition coefficient (Wildman–Crippen LogP) is 3.20. The zero-order valence-corrected chi connectivity index (χ0v) is 18.4. The van der Waals surface area contributed by atoms with Gasteiger partial charge in [0.05, 0.1) is 25.2 Å². The van der Waals surface area contributed by atoms with Gasteiger partial charge in [-0.3, -0.25) is 9.52 Å². The van der Waals surface area contributed by atoms with Gasteiger partial charge in [0.15, 0.2) is 0 Å². The number of ether oxygens (including phenoxy) is 2. The van der Waals surface area contributed by atoms with Crippen molar-refractivity contribution in [3.63, 3.8) is 0 Å². The molecule has 2 aromatic rings. The lowest BCUT2D eigenvalue weighted by Crippen LogP contribution is -2.37. The Morgan fingerprint density at radius 3 is 2.73 bits per heavy atom. The summed E-state index contributed by atoms with van der Waals surface area (Å²) in [5, 5.41) is 0. The van der Waals surface area contributed by atoms with Crippen molar-refractivity contribution in [3.8, 4) is 5.75 Å². The molecule has 1 aliphatic heterocycles. The molecule has 1 saturated heterocycles. The van der Waals surface area contributed by atoms with Gasteiger partial charge >= 0.3 is 0 Å². The molecular weight excluding hydrogens is 404 g/mol. The average molecular weight is 433 g/mol. The van der Waals surface area contributed by atoms with E-state index in [9.17, 15) is 13.2 Å². The number of rotatable bonds is 8. The molecule has 2 aromatic carbocycles. The van der Waals surface area contributed by atoms with Crippen molar-refractivity contribution in [3.05, 3.63) is 59.2 Å². The summed E-state index contributed by atoms with van der Waals surface area (Å²) < 4.78 is 36.9. The fraction of sp³-hybridized carbons (Fsp3) is 0.409. The lowest BCUT2D eigenvalue weighted by molar-refractivity contribution is 0.0507. The van der Waals surface area contributed by atoms with Gasteiger partial charge in [-0.15, -0.1) is 0 Å². The second-order valence-corrected chi connectivity index (χ2v) is 9.32. The largest absolute Gasteiger partial charge is 0.497 e. The number of methoxy groups -OCH3 is 1. The first-order valence-corrected chi connectivity index (χ1v) is 11.8. The quantitative estimate of drug-likeness (QED) is 0.692. The van der Waals surface area contributed by atoms with Crippen LogP contribution < -0.4 is 9.46 Å². The second kappa shape index (κ2) is 9.49. The second-order valence-electron chi connectivity index (χ2n) is 7.58. The Labute approximate surface area is 178 Å². The summed E-state index contributed by atoms with van der Waals surface area (Å²) in [4.78, 5) is 15.1. The number of amides is 1. The maximum Gasteiger partial charge on any atom is 0.254 e. The zero-order chi connectivity index (χ0) is 21.7. The van der Waals surface area contributed by atoms with Crippen LogP contribution >= 0.6 is 0 Å². The van der Waals surface area contributed by atoms with Crippen LogP contribution in [0.1, 0.15) is 34.3 Å². The minimum absolute atomic E-state index is 0.00128. The third-order valence-electron chi connectivity index (χ3n) is 5.02. The lowest BCUT2D eigenvalue weighted by Gasteiger charge is -2.26. The molecule has 8 heteroatoms. The van der Waals surface area contributed by atoms with Crippen molar-refractivity contribution in [1.29, 1.82) is 0 Å². The minimum Gasteiger partial charge on any atom is -0.497 e. The van der Waals surface area contributed by atoms with E-state index >= 15 is 0 Å². The predicted molar refractivity (Wildman–Crippen MR) is 116 cm³/mol. The highest BCUT2D eigenvalue weighted by molar-refractivity contribution is 7.92. The van der Waals surface area contributed by atoms with E-state index in [0.717, 1.165) is 36.0 Å². The first kappa shape index (κ1) is 22.1. The summed E-state index contributed by atoms with van der Waals surface area (Å²) in [5.74, 6) is 0.553. The van der Waals surface area contributed by atoms with Gasteiger partial charge in [0.2, 0.25) is 10.0 Å². The number of carbonyl (C=O) groups is 1. The highest BCUT2D eigenvalue weighted by Crippen LogP contribution is 2.22. The molecule has 3 rings (SSSR count). The summed E-state index contributed by atoms with van der Waals surface area (Å²) >= 11 is 0. The molecule has 1 N–H and O–H groups in total. The first-order valence-electron chi connectivity index (χ1n) is 9.87. The van der Waals surface area contributed by atoms with Crippen LogP contribution in [0, 0.1) is 6.92 Å². The molecule has 162 valence electrons. The molecular formula is C22H28N2O5S. The molecule has 0 unspecified atom stereocenters. The number of nitrogens with zero attached hydrogens (tertiary/aromatic N) is 1. The number of sulfonamides is 1. The zero-order valence-electron chi connectivity index (χ0n) is 17.6. The third-order valence-corrected chi connectivity index (χ3v) is 5.61. The number of hydrogen-bond donors (Lipinski definition) is 1. The summed E-state index contributed by atoms with van der Waals surface area (Å²) in [6.45, 7) is 3.37. The summed E-state index contributed by atoms with van der Waals surface area (Å²) in [6.07, 6.45) is 2.99. The molecule has 0 radical (unpaired) electrons. The van der Waals surface area contributed by atoms with E-state index in [0.29, 0.717) is 30.9 Å². The van der Waals surface area contributed by atoms with Crippen LogP contribution in [0.2, 0.25) is 0 Å². The SMILES string of the molecule is COc1cccc(CN(C[C@@H]2CCCO2)C(=O)c2ccc(C)c(NS(C)(=O)=O)c2)c1. The molecule has 0 bridgehead atoms. The Kier molecular flexibility index (Phi) is 6.99. The van der Waals surface area contributed by atoms with E-state index in [2.05, 4.69) is 4.72 Å². The Hall–Kier alpha value is -2.58. The normalized spacial score (nSPS) is 16.3. The molecule has 30 heavy (non-hydrogen) atoms. The van der Waals surface area contributed by atoms with Crippen molar-refractivity contribution in [2.24, 2.45) is 0 Å². The minimum atomic E-state index is -3.45. The molecule has 1 amide bonds. The number of hydrogen-bond acceptors (Lipinski definition) is 5. The molecule has 1 atom stereocenters. The molecule has 0 saturated carbocycles. The average Bonchev–Trinajstić information content (AvgIpc) is 3.21. The van der Waals surface area contributed by atoms with E-state index in [1.54, 1.807) is 37.1 Å². The van der Waals surface area contributed by atoms with Gasteiger partial charge in [0.1, 0.15) is 5.75 Å². The van der Waals surface area contributed by atoms with Crippen LogP contribution in [0.5, 0.6) is 5.75 Å². The molecule has 0 spiro atoms. The van der Waals surface area contributed by atoms with E-state index in [-0.39, 0.29) is 12.0 Å². The molecule has 1 fully saturated rings. The Bertz CT molecular complexity index is 1000. The number of benzene rings is 2. The van der Waals surface area contributed by atoms with Crippen LogP contribution in [0.15, 0.2) is 42.5 Å². The van der Waals surface area contributed by atoms with Crippen LogP contribution in [-0.4, -0.2) is 51.8 Å². The summed E-state index contributed by atoms with van der Waals surface area (Å²) in [7, 11) is -1.84. The smallest absolute Gasteiger partial charge is 0.254 e. The van der Waals surface area contributed by atoms with Crippen LogP contribution in [0.4, 0.5) is 5.69 Å². The summed E-state index contributed by atoms with van der Waals surface area (Å²) in [5.41, 5.74) is 2.52. The van der Waals surface area contributed by atoms with Gasteiger partial charge in [-0.2, -0.15) is 0 Å². The fourth-order valence-corrected chi connectivity index (χ4v) is 4.11. The fourth-order valence-electron chi connectivity index (χ4n) is 3.49. The lowest BCUT2D eigenvalue weighted by atomic mass is 10.1. The van der Waals surface area contributed by atoms with Crippen molar-refractivity contribution < 1.29 is 22.7 Å². The van der Waals surface area contributed by atoms with Gasteiger partial charge in [0, 0.05) is 25.3 Å². The molecule has 7 nitrogen and oxygen atoms in total. The van der Waals surface area contributed by atoms with Crippen LogP contribution in [-0.2, 0) is 21.3 Å². The maximum absolute atomic E-state index is 13.4. The Morgan fingerprint density at radius 2 is 2.07 bits per heavy atom. The van der Waals surface area contributed by atoms with Gasteiger partial charge < -0.3 is 14.4 Å². The number of aryl methyl sites for hydroxylation is 1. The van der Waals surface area contributed by atoms with E-state index < -0.39 is 10.0 Å². The standard InChI is InChI=1S/C22H28N2O5S/c1-16-9-10-18(13-21(16)23-30(3,26)27)22(25)24(15-20-8-5-11-29-20)14-17-6-4-7-19(12-17)28-2/h4,6-7,9-10,12-13,20,23H,5,8,11,14-15H2,1-3H3/t20-/m0/s1. The van der Waals surface area contributed by atoms with E-state index in [4.69, 9.17) is 9.47 Å². The number of anilines is 1. The van der Waals surface area contributed by atoms with Gasteiger partial charge in [-0.1, -0.05) is 18.2 Å². The monoisotopic (exact) mass is 432 g/mol. The highest BCUT2D eigenvalue weighted by Gasteiger charge is 2.24. The van der Waals surface area contributed by atoms with Gasteiger partial charge in [0.25, 0.3) is 5.91 Å². The number of carbonyl (C=O) groups excluding carboxylic acids is 1. The third kappa shape index (κ3) is 5.96. The molecule has 1 heterocycles. The first-order chi connectivity index (χ1) is 14.2. The molecule has 1 aliphatic rings. The van der Waals surface area contributed by atoms with Gasteiger partial charge in [-0.05, 0) is 55.2 Å².